The quantitative estimate of drug-likeness (QED) is 0.675. The standard InChI is InChI=1S/C10H16N2O2/c1-2-8(3-6-13)12-9(14)10(7-11)4-5-10/h8,13H,2-6H2,1H3,(H,12,14). The minimum Gasteiger partial charge on any atom is -0.396 e. The van der Waals surface area contributed by atoms with E-state index in [0.717, 1.165) is 6.42 Å². The van der Waals surface area contributed by atoms with Gasteiger partial charge in [0, 0.05) is 12.6 Å². The molecule has 14 heavy (non-hydrogen) atoms. The zero-order chi connectivity index (χ0) is 10.6. The van der Waals surface area contributed by atoms with Crippen LogP contribution in [0, 0.1) is 16.7 Å². The second-order valence-electron chi connectivity index (χ2n) is 3.78. The van der Waals surface area contributed by atoms with Crippen LogP contribution in [0.25, 0.3) is 0 Å². The monoisotopic (exact) mass is 196 g/mol. The molecule has 1 rings (SSSR count). The van der Waals surface area contributed by atoms with Crippen molar-refractivity contribution in [3.05, 3.63) is 0 Å². The van der Waals surface area contributed by atoms with Gasteiger partial charge in [-0.25, -0.2) is 0 Å². The highest BCUT2D eigenvalue weighted by atomic mass is 16.3. The molecule has 1 unspecified atom stereocenters. The van der Waals surface area contributed by atoms with E-state index in [1.165, 1.54) is 0 Å². The summed E-state index contributed by atoms with van der Waals surface area (Å²) in [6.07, 6.45) is 2.69. The smallest absolute Gasteiger partial charge is 0.240 e. The summed E-state index contributed by atoms with van der Waals surface area (Å²) in [5, 5.41) is 20.3. The van der Waals surface area contributed by atoms with Crippen molar-refractivity contribution in [3.63, 3.8) is 0 Å². The van der Waals surface area contributed by atoms with Gasteiger partial charge in [-0.2, -0.15) is 5.26 Å². The second kappa shape index (κ2) is 4.43. The van der Waals surface area contributed by atoms with E-state index in [4.69, 9.17) is 10.4 Å². The Morgan fingerprint density at radius 2 is 2.36 bits per heavy atom. The molecular formula is C10H16N2O2. The van der Waals surface area contributed by atoms with E-state index in [2.05, 4.69) is 5.32 Å². The number of rotatable bonds is 5. The maximum absolute atomic E-state index is 11.6. The SMILES string of the molecule is CCC(CCO)NC(=O)C1(C#N)CC1. The fourth-order valence-corrected chi connectivity index (χ4v) is 1.37. The molecule has 4 heteroatoms. The summed E-state index contributed by atoms with van der Waals surface area (Å²) in [5.74, 6) is -0.166. The normalized spacial score (nSPS) is 19.5. The first-order chi connectivity index (χ1) is 6.68. The first-order valence-electron chi connectivity index (χ1n) is 5.01. The topological polar surface area (TPSA) is 73.1 Å². The minimum absolute atomic E-state index is 0.00155. The molecular weight excluding hydrogens is 180 g/mol. The van der Waals surface area contributed by atoms with Crippen LogP contribution < -0.4 is 5.32 Å². The summed E-state index contributed by atoms with van der Waals surface area (Å²) in [5.41, 5.74) is -0.747. The predicted molar refractivity (Wildman–Crippen MR) is 51.2 cm³/mol. The van der Waals surface area contributed by atoms with Crippen LogP contribution in [-0.2, 0) is 4.79 Å². The van der Waals surface area contributed by atoms with E-state index in [-0.39, 0.29) is 18.6 Å². The number of aliphatic hydroxyl groups is 1. The van der Waals surface area contributed by atoms with E-state index in [1.54, 1.807) is 0 Å². The van der Waals surface area contributed by atoms with Gasteiger partial charge in [-0.15, -0.1) is 0 Å². The average Bonchev–Trinajstić information content (AvgIpc) is 2.97. The van der Waals surface area contributed by atoms with Crippen molar-refractivity contribution < 1.29 is 9.90 Å². The molecule has 0 aromatic heterocycles. The highest BCUT2D eigenvalue weighted by Crippen LogP contribution is 2.45. The number of hydrogen-bond acceptors (Lipinski definition) is 3. The van der Waals surface area contributed by atoms with Crippen molar-refractivity contribution in [3.8, 4) is 6.07 Å². The second-order valence-corrected chi connectivity index (χ2v) is 3.78. The van der Waals surface area contributed by atoms with E-state index in [0.29, 0.717) is 19.3 Å². The molecule has 0 aliphatic heterocycles. The van der Waals surface area contributed by atoms with Crippen molar-refractivity contribution in [2.45, 2.75) is 38.6 Å². The lowest BCUT2D eigenvalue weighted by atomic mass is 10.1. The molecule has 1 atom stereocenters. The van der Waals surface area contributed by atoms with Crippen LogP contribution in [0.2, 0.25) is 0 Å². The summed E-state index contributed by atoms with van der Waals surface area (Å²) in [6, 6.07) is 2.05. The van der Waals surface area contributed by atoms with Gasteiger partial charge in [0.05, 0.1) is 6.07 Å². The Hall–Kier alpha value is -1.08. The zero-order valence-electron chi connectivity index (χ0n) is 8.42. The Bertz CT molecular complexity index is 253. The molecule has 4 nitrogen and oxygen atoms in total. The van der Waals surface area contributed by atoms with Crippen LogP contribution in [0.4, 0.5) is 0 Å². The molecule has 0 aromatic carbocycles. The molecule has 2 N–H and O–H groups in total. The van der Waals surface area contributed by atoms with Crippen molar-refractivity contribution >= 4 is 5.91 Å². The van der Waals surface area contributed by atoms with E-state index < -0.39 is 5.41 Å². The number of hydrogen-bond donors (Lipinski definition) is 2. The maximum atomic E-state index is 11.6. The number of nitrogens with zero attached hydrogens (tertiary/aromatic N) is 1. The summed E-state index contributed by atoms with van der Waals surface area (Å²) < 4.78 is 0. The fraction of sp³-hybridized carbons (Fsp3) is 0.800. The van der Waals surface area contributed by atoms with Gasteiger partial charge in [0.25, 0.3) is 0 Å². The lowest BCUT2D eigenvalue weighted by Crippen LogP contribution is -2.39. The Kier molecular flexibility index (Phi) is 3.48. The maximum Gasteiger partial charge on any atom is 0.240 e. The Morgan fingerprint density at radius 3 is 2.71 bits per heavy atom. The van der Waals surface area contributed by atoms with Gasteiger partial charge in [0.15, 0.2) is 0 Å². The molecule has 1 amide bonds. The molecule has 0 aromatic rings. The van der Waals surface area contributed by atoms with Gasteiger partial charge < -0.3 is 10.4 Å². The number of carbonyl (C=O) groups is 1. The molecule has 78 valence electrons. The van der Waals surface area contributed by atoms with Crippen LogP contribution in [0.15, 0.2) is 0 Å². The Balaban J connectivity index is 2.43. The number of nitriles is 1. The highest BCUT2D eigenvalue weighted by molar-refractivity contribution is 5.88. The van der Waals surface area contributed by atoms with Gasteiger partial charge in [0.1, 0.15) is 5.41 Å². The average molecular weight is 196 g/mol. The highest BCUT2D eigenvalue weighted by Gasteiger charge is 2.50. The Morgan fingerprint density at radius 1 is 1.71 bits per heavy atom. The number of carbonyl (C=O) groups excluding carboxylic acids is 1. The third-order valence-electron chi connectivity index (χ3n) is 2.70. The molecule has 1 fully saturated rings. The largest absolute Gasteiger partial charge is 0.396 e. The van der Waals surface area contributed by atoms with Crippen LogP contribution in [0.1, 0.15) is 32.6 Å². The van der Waals surface area contributed by atoms with Crippen molar-refractivity contribution in [2.24, 2.45) is 5.41 Å². The predicted octanol–water partition coefficient (Wildman–Crippen LogP) is 0.567. The molecule has 1 aliphatic carbocycles. The van der Waals surface area contributed by atoms with Crippen LogP contribution in [-0.4, -0.2) is 23.7 Å². The lowest BCUT2D eigenvalue weighted by molar-refractivity contribution is -0.125. The molecule has 1 saturated carbocycles. The third kappa shape index (κ3) is 2.24. The first kappa shape index (κ1) is 11.0. The summed E-state index contributed by atoms with van der Waals surface area (Å²) in [6.45, 7) is 2.02. The summed E-state index contributed by atoms with van der Waals surface area (Å²) in [7, 11) is 0. The third-order valence-corrected chi connectivity index (χ3v) is 2.70. The lowest BCUT2D eigenvalue weighted by Gasteiger charge is -2.17. The van der Waals surface area contributed by atoms with Gasteiger partial charge in [0.2, 0.25) is 5.91 Å². The van der Waals surface area contributed by atoms with Crippen LogP contribution >= 0.6 is 0 Å². The van der Waals surface area contributed by atoms with Gasteiger partial charge in [-0.3, -0.25) is 4.79 Å². The van der Waals surface area contributed by atoms with Crippen molar-refractivity contribution in [1.82, 2.24) is 5.32 Å². The summed E-state index contributed by atoms with van der Waals surface area (Å²) in [4.78, 5) is 11.6. The van der Waals surface area contributed by atoms with E-state index >= 15 is 0 Å². The molecule has 0 spiro atoms. The van der Waals surface area contributed by atoms with Gasteiger partial charge in [-0.05, 0) is 25.7 Å². The van der Waals surface area contributed by atoms with Crippen molar-refractivity contribution in [2.75, 3.05) is 6.61 Å². The first-order valence-corrected chi connectivity index (χ1v) is 5.01. The molecule has 0 radical (unpaired) electrons. The minimum atomic E-state index is -0.747. The number of nitrogens with one attached hydrogen (secondary N) is 1. The number of amides is 1. The fourth-order valence-electron chi connectivity index (χ4n) is 1.37. The van der Waals surface area contributed by atoms with Gasteiger partial charge in [-0.1, -0.05) is 6.92 Å². The molecule has 0 bridgehead atoms. The van der Waals surface area contributed by atoms with Crippen LogP contribution in [0.5, 0.6) is 0 Å². The number of aliphatic hydroxyl groups excluding tert-OH is 1. The summed E-state index contributed by atoms with van der Waals surface area (Å²) >= 11 is 0. The van der Waals surface area contributed by atoms with Crippen molar-refractivity contribution in [1.29, 1.82) is 5.26 Å². The molecule has 0 saturated heterocycles. The van der Waals surface area contributed by atoms with E-state index in [9.17, 15) is 4.79 Å². The van der Waals surface area contributed by atoms with E-state index in [1.807, 2.05) is 13.0 Å². The zero-order valence-corrected chi connectivity index (χ0v) is 8.42. The Labute approximate surface area is 83.9 Å². The van der Waals surface area contributed by atoms with Gasteiger partial charge >= 0.3 is 0 Å². The molecule has 1 aliphatic rings. The molecule has 0 heterocycles. The van der Waals surface area contributed by atoms with Crippen LogP contribution in [0.3, 0.4) is 0 Å².